The minimum absolute atomic E-state index is 0.244. The van der Waals surface area contributed by atoms with E-state index in [0.29, 0.717) is 23.0 Å². The number of fused-ring (bicyclic) bond motifs is 5. The van der Waals surface area contributed by atoms with Crippen LogP contribution in [0.3, 0.4) is 0 Å². The van der Waals surface area contributed by atoms with Crippen LogP contribution < -0.4 is 0 Å². The lowest BCUT2D eigenvalue weighted by Crippen LogP contribution is -2.42. The third-order valence-corrected chi connectivity index (χ3v) is 14.2. The lowest BCUT2D eigenvalue weighted by Gasteiger charge is -2.50. The number of hydrogen-bond donors (Lipinski definition) is 0. The third kappa shape index (κ3) is 6.38. The Bertz CT molecular complexity index is 2910. The van der Waals surface area contributed by atoms with Gasteiger partial charge in [-0.2, -0.15) is 5.26 Å². The van der Waals surface area contributed by atoms with Crippen LogP contribution in [0.4, 0.5) is 0 Å². The molecule has 1 aromatic heterocycles. The normalized spacial score (nSPS) is 20.8. The highest BCUT2D eigenvalue weighted by Gasteiger charge is 2.47. The van der Waals surface area contributed by atoms with E-state index in [-0.39, 0.29) is 5.41 Å². The van der Waals surface area contributed by atoms with Crippen LogP contribution in [0.2, 0.25) is 0 Å². The SMILES string of the molecule is C[C@@H]1CC2C[C@H](C)CC(c3ccc(-c4nc(-c5ccc(-c6ccccc6)cc5)nc(-c5ccc6c(c5)C(c5ccccc5)(c5ccccc5)c5ccc(C#N)cc5-6)n4)cc3)(C2)C1. The predicted molar refractivity (Wildman–Crippen MR) is 250 cm³/mol. The molecule has 0 spiro atoms. The summed E-state index contributed by atoms with van der Waals surface area (Å²) in [6, 6.07) is 64.9. The summed E-state index contributed by atoms with van der Waals surface area (Å²) in [5.41, 5.74) is 13.6. The van der Waals surface area contributed by atoms with Gasteiger partial charge in [-0.3, -0.25) is 0 Å². The largest absolute Gasteiger partial charge is 0.208 e. The van der Waals surface area contributed by atoms with E-state index in [9.17, 15) is 5.26 Å². The summed E-state index contributed by atoms with van der Waals surface area (Å²) in [4.78, 5) is 15.8. The van der Waals surface area contributed by atoms with Crippen LogP contribution in [0.25, 0.3) is 56.4 Å². The summed E-state index contributed by atoms with van der Waals surface area (Å²) < 4.78 is 0. The van der Waals surface area contributed by atoms with Crippen molar-refractivity contribution in [2.75, 3.05) is 0 Å². The molecule has 300 valence electrons. The van der Waals surface area contributed by atoms with Crippen LogP contribution in [-0.4, -0.2) is 15.0 Å². The Morgan fingerprint density at radius 3 is 1.53 bits per heavy atom. The Hall–Kier alpha value is -6.96. The van der Waals surface area contributed by atoms with Crippen LogP contribution in [-0.2, 0) is 10.8 Å². The first kappa shape index (κ1) is 38.0. The lowest BCUT2D eigenvalue weighted by molar-refractivity contribution is 0.0780. The average molecular weight is 801 g/mol. The molecule has 1 heterocycles. The molecule has 3 aliphatic carbocycles. The van der Waals surface area contributed by atoms with E-state index in [1.165, 1.54) is 43.2 Å². The number of rotatable bonds is 7. The molecule has 4 atom stereocenters. The maximum absolute atomic E-state index is 10.1. The van der Waals surface area contributed by atoms with E-state index in [0.717, 1.165) is 73.4 Å². The van der Waals surface area contributed by atoms with Crippen molar-refractivity contribution in [1.82, 2.24) is 15.0 Å². The minimum atomic E-state index is -0.634. The first-order valence-electron chi connectivity index (χ1n) is 22.2. The molecule has 8 aromatic rings. The fourth-order valence-electron chi connectivity index (χ4n) is 11.9. The molecule has 62 heavy (non-hydrogen) atoms. The summed E-state index contributed by atoms with van der Waals surface area (Å²) in [5.74, 6) is 4.24. The number of benzene rings is 7. The van der Waals surface area contributed by atoms with Crippen LogP contribution in [0.1, 0.15) is 79.3 Å². The highest BCUT2D eigenvalue weighted by atomic mass is 15.0. The van der Waals surface area contributed by atoms with Gasteiger partial charge in [0.1, 0.15) is 0 Å². The van der Waals surface area contributed by atoms with Crippen LogP contribution >= 0.6 is 0 Å². The zero-order valence-electron chi connectivity index (χ0n) is 35.3. The van der Waals surface area contributed by atoms with Gasteiger partial charge in [0.05, 0.1) is 17.0 Å². The molecule has 0 aliphatic heterocycles. The molecule has 2 saturated carbocycles. The van der Waals surface area contributed by atoms with Gasteiger partial charge in [-0.05, 0) is 124 Å². The van der Waals surface area contributed by atoms with Gasteiger partial charge in [0.15, 0.2) is 17.5 Å². The molecule has 7 aromatic carbocycles. The summed E-state index contributed by atoms with van der Waals surface area (Å²) in [6.45, 7) is 4.91. The average Bonchev–Trinajstić information content (AvgIpc) is 3.61. The van der Waals surface area contributed by atoms with E-state index < -0.39 is 5.41 Å². The van der Waals surface area contributed by atoms with E-state index in [4.69, 9.17) is 15.0 Å². The Morgan fingerprint density at radius 2 is 0.952 bits per heavy atom. The molecule has 0 saturated heterocycles. The Morgan fingerprint density at radius 1 is 0.452 bits per heavy atom. The van der Waals surface area contributed by atoms with Crippen molar-refractivity contribution in [3.8, 4) is 62.5 Å². The molecular formula is C58H48N4. The molecule has 4 heteroatoms. The highest BCUT2D eigenvalue weighted by molar-refractivity contribution is 5.88. The quantitative estimate of drug-likeness (QED) is 0.161. The maximum atomic E-state index is 10.1. The Kier molecular flexibility index (Phi) is 9.31. The van der Waals surface area contributed by atoms with E-state index in [2.05, 4.69) is 178 Å². The fourth-order valence-corrected chi connectivity index (χ4v) is 11.9. The first-order chi connectivity index (χ1) is 30.4. The van der Waals surface area contributed by atoms with Gasteiger partial charge in [0, 0.05) is 16.7 Å². The minimum Gasteiger partial charge on any atom is -0.208 e. The maximum Gasteiger partial charge on any atom is 0.164 e. The molecule has 0 radical (unpaired) electrons. The summed E-state index contributed by atoms with van der Waals surface area (Å²) in [5, 5.41) is 10.1. The second kappa shape index (κ2) is 15.2. The Labute approximate surface area is 365 Å². The van der Waals surface area contributed by atoms with Crippen LogP contribution in [0, 0.1) is 29.1 Å². The number of nitrogens with zero attached hydrogens (tertiary/aromatic N) is 4. The third-order valence-electron chi connectivity index (χ3n) is 14.2. The van der Waals surface area contributed by atoms with Crippen molar-refractivity contribution < 1.29 is 0 Å². The smallest absolute Gasteiger partial charge is 0.164 e. The van der Waals surface area contributed by atoms with Gasteiger partial charge in [-0.1, -0.05) is 172 Å². The molecule has 4 nitrogen and oxygen atoms in total. The van der Waals surface area contributed by atoms with E-state index in [1.54, 1.807) is 0 Å². The first-order valence-corrected chi connectivity index (χ1v) is 22.2. The number of nitriles is 1. The monoisotopic (exact) mass is 800 g/mol. The standard InChI is InChI=1S/C58H48N4/c1-38-30-41-31-39(2)35-57(34-38,36-41)47-26-23-45(24-27-47)55-60-54(44-21-19-43(20-22-44)42-12-6-3-7-13-42)61-56(62-55)46-25-28-50-51-32-40(37-59)18-29-52(51)58(53(50)33-46,48-14-8-4-9-15-48)49-16-10-5-11-17-49/h3-29,32-33,38-39,41H,30-31,34-36H2,1-2H3/t38-,39+,41?,57?. The number of hydrogen-bond acceptors (Lipinski definition) is 4. The second-order valence-corrected chi connectivity index (χ2v) is 18.4. The lowest BCUT2D eigenvalue weighted by atomic mass is 9.54. The molecule has 11 rings (SSSR count). The molecular weight excluding hydrogens is 753 g/mol. The van der Waals surface area contributed by atoms with Gasteiger partial charge in [0.2, 0.25) is 0 Å². The fraction of sp³-hybridized carbons (Fsp3) is 0.207. The zero-order valence-corrected chi connectivity index (χ0v) is 35.3. The molecule has 2 bridgehead atoms. The van der Waals surface area contributed by atoms with Crippen molar-refractivity contribution in [3.05, 3.63) is 209 Å². The molecule has 2 fully saturated rings. The summed E-state index contributed by atoms with van der Waals surface area (Å²) in [7, 11) is 0. The molecule has 0 N–H and O–H groups in total. The van der Waals surface area contributed by atoms with E-state index >= 15 is 0 Å². The van der Waals surface area contributed by atoms with Crippen molar-refractivity contribution >= 4 is 0 Å². The van der Waals surface area contributed by atoms with Crippen LogP contribution in [0.15, 0.2) is 176 Å². The van der Waals surface area contributed by atoms with Gasteiger partial charge < -0.3 is 0 Å². The van der Waals surface area contributed by atoms with Crippen LogP contribution in [0.5, 0.6) is 0 Å². The Balaban J connectivity index is 1.08. The van der Waals surface area contributed by atoms with Gasteiger partial charge >= 0.3 is 0 Å². The van der Waals surface area contributed by atoms with Crippen molar-refractivity contribution in [1.29, 1.82) is 5.26 Å². The second-order valence-electron chi connectivity index (χ2n) is 18.4. The van der Waals surface area contributed by atoms with Crippen molar-refractivity contribution in [2.45, 2.75) is 56.8 Å². The molecule has 0 amide bonds. The molecule has 3 aliphatic rings. The summed E-state index contributed by atoms with van der Waals surface area (Å²) >= 11 is 0. The summed E-state index contributed by atoms with van der Waals surface area (Å²) in [6.07, 6.45) is 6.55. The predicted octanol–water partition coefficient (Wildman–Crippen LogP) is 13.9. The molecule has 2 unspecified atom stereocenters. The van der Waals surface area contributed by atoms with Gasteiger partial charge in [0.25, 0.3) is 0 Å². The topological polar surface area (TPSA) is 62.5 Å². The highest BCUT2D eigenvalue weighted by Crippen LogP contribution is 2.57. The van der Waals surface area contributed by atoms with Crippen molar-refractivity contribution in [3.63, 3.8) is 0 Å². The number of aromatic nitrogens is 3. The zero-order chi connectivity index (χ0) is 41.8. The van der Waals surface area contributed by atoms with E-state index in [1.807, 2.05) is 18.2 Å². The van der Waals surface area contributed by atoms with Gasteiger partial charge in [-0.25, -0.2) is 15.0 Å². The van der Waals surface area contributed by atoms with Crippen molar-refractivity contribution in [2.24, 2.45) is 17.8 Å². The van der Waals surface area contributed by atoms with Gasteiger partial charge in [-0.15, -0.1) is 0 Å².